The van der Waals surface area contributed by atoms with E-state index < -0.39 is 5.97 Å². The minimum Gasteiger partial charge on any atom is -0.482 e. The zero-order valence-electron chi connectivity index (χ0n) is 13.5. The lowest BCUT2D eigenvalue weighted by atomic mass is 10.2. The normalized spacial score (nSPS) is 11.1. The predicted molar refractivity (Wildman–Crippen MR) is 88.3 cm³/mol. The van der Waals surface area contributed by atoms with Crippen LogP contribution < -0.4 is 4.74 Å². The van der Waals surface area contributed by atoms with Crippen molar-refractivity contribution in [2.24, 2.45) is 0 Å². The van der Waals surface area contributed by atoms with Crippen molar-refractivity contribution in [2.75, 3.05) is 19.4 Å². The van der Waals surface area contributed by atoms with Gasteiger partial charge in [-0.3, -0.25) is 4.79 Å². The summed E-state index contributed by atoms with van der Waals surface area (Å²) < 4.78 is 5.14. The molecule has 0 aromatic heterocycles. The van der Waals surface area contributed by atoms with Gasteiger partial charge in [0.1, 0.15) is 5.75 Å². The third-order valence-corrected chi connectivity index (χ3v) is 4.02. The van der Waals surface area contributed by atoms with Gasteiger partial charge < -0.3 is 14.7 Å². The maximum atomic E-state index is 12.1. The molecule has 1 aromatic carbocycles. The Morgan fingerprint density at radius 3 is 2.32 bits per heavy atom. The molecule has 0 heterocycles. The Hall–Kier alpha value is -1.69. The van der Waals surface area contributed by atoms with Gasteiger partial charge in [0.2, 0.25) is 5.91 Å². The molecule has 1 rings (SSSR count). The van der Waals surface area contributed by atoms with Crippen LogP contribution >= 0.6 is 11.8 Å². The highest BCUT2D eigenvalue weighted by molar-refractivity contribution is 8.01. The van der Waals surface area contributed by atoms with Crippen molar-refractivity contribution in [3.05, 3.63) is 29.8 Å². The summed E-state index contributed by atoms with van der Waals surface area (Å²) in [5.74, 6) is 0.0418. The fraction of sp³-hybridized carbons (Fsp3) is 0.500. The summed E-state index contributed by atoms with van der Waals surface area (Å²) in [6.45, 7) is 6.41. The second-order valence-electron chi connectivity index (χ2n) is 5.98. The molecule has 0 radical (unpaired) electrons. The first kappa shape index (κ1) is 18.4. The Morgan fingerprint density at radius 1 is 1.23 bits per heavy atom. The second kappa shape index (κ2) is 8.08. The number of thioether (sulfide) groups is 1. The van der Waals surface area contributed by atoms with Gasteiger partial charge in [0, 0.05) is 18.3 Å². The molecule has 1 amide bonds. The van der Waals surface area contributed by atoms with Gasteiger partial charge in [-0.15, -0.1) is 11.8 Å². The molecule has 6 heteroatoms. The minimum absolute atomic E-state index is 0.0691. The van der Waals surface area contributed by atoms with E-state index in [1.54, 1.807) is 35.8 Å². The standard InChI is InChI=1S/C16H23NO4S/c1-16(2,3)22-11-14(18)17(4)9-12-5-7-13(8-6-12)21-10-15(19)20/h5-8H,9-11H2,1-4H3,(H,19,20). The number of amides is 1. The van der Waals surface area contributed by atoms with E-state index in [0.717, 1.165) is 5.56 Å². The van der Waals surface area contributed by atoms with E-state index in [1.807, 2.05) is 12.1 Å². The SMILES string of the molecule is CN(Cc1ccc(OCC(=O)O)cc1)C(=O)CSC(C)(C)C. The summed E-state index contributed by atoms with van der Waals surface area (Å²) in [6, 6.07) is 7.08. The average molecular weight is 325 g/mol. The molecule has 0 spiro atoms. The molecule has 0 aliphatic carbocycles. The maximum Gasteiger partial charge on any atom is 0.341 e. The number of aliphatic carboxylic acids is 1. The Morgan fingerprint density at radius 2 is 1.82 bits per heavy atom. The summed E-state index contributed by atoms with van der Waals surface area (Å²) in [6.07, 6.45) is 0. The number of carboxylic acid groups (broad SMARTS) is 1. The van der Waals surface area contributed by atoms with Crippen LogP contribution in [0.5, 0.6) is 5.75 Å². The number of benzene rings is 1. The lowest BCUT2D eigenvalue weighted by molar-refractivity contribution is -0.139. The molecule has 0 atom stereocenters. The van der Waals surface area contributed by atoms with E-state index in [2.05, 4.69) is 20.8 Å². The van der Waals surface area contributed by atoms with Crippen LogP contribution in [-0.2, 0) is 16.1 Å². The van der Waals surface area contributed by atoms with Gasteiger partial charge in [-0.1, -0.05) is 32.9 Å². The van der Waals surface area contributed by atoms with Gasteiger partial charge in [0.25, 0.3) is 0 Å². The van der Waals surface area contributed by atoms with Crippen LogP contribution in [0.25, 0.3) is 0 Å². The molecule has 0 aliphatic heterocycles. The Labute approximate surface area is 135 Å². The van der Waals surface area contributed by atoms with Gasteiger partial charge >= 0.3 is 5.97 Å². The lowest BCUT2D eigenvalue weighted by Gasteiger charge is -2.21. The summed E-state index contributed by atoms with van der Waals surface area (Å²) >= 11 is 1.63. The number of carbonyl (C=O) groups excluding carboxylic acids is 1. The molecule has 5 nitrogen and oxygen atoms in total. The fourth-order valence-corrected chi connectivity index (χ4v) is 2.36. The third-order valence-electron chi connectivity index (χ3n) is 2.76. The summed E-state index contributed by atoms with van der Waals surface area (Å²) in [4.78, 5) is 24.2. The average Bonchev–Trinajstić information content (AvgIpc) is 2.43. The smallest absolute Gasteiger partial charge is 0.341 e. The van der Waals surface area contributed by atoms with Crippen LogP contribution in [0.3, 0.4) is 0 Å². The first-order valence-electron chi connectivity index (χ1n) is 6.99. The van der Waals surface area contributed by atoms with Crippen molar-refractivity contribution in [1.82, 2.24) is 4.90 Å². The third kappa shape index (κ3) is 7.36. The zero-order chi connectivity index (χ0) is 16.8. The molecule has 22 heavy (non-hydrogen) atoms. The highest BCUT2D eigenvalue weighted by Crippen LogP contribution is 2.23. The maximum absolute atomic E-state index is 12.1. The van der Waals surface area contributed by atoms with E-state index in [4.69, 9.17) is 9.84 Å². The molecule has 1 aromatic rings. The zero-order valence-corrected chi connectivity index (χ0v) is 14.3. The fourth-order valence-electron chi connectivity index (χ4n) is 1.59. The van der Waals surface area contributed by atoms with Gasteiger partial charge in [-0.25, -0.2) is 4.79 Å². The van der Waals surface area contributed by atoms with Crippen LogP contribution in [0.2, 0.25) is 0 Å². The number of hydrogen-bond acceptors (Lipinski definition) is 4. The van der Waals surface area contributed by atoms with Crippen molar-refractivity contribution in [3.63, 3.8) is 0 Å². The number of carbonyl (C=O) groups is 2. The molecule has 0 aliphatic rings. The molecule has 122 valence electrons. The van der Waals surface area contributed by atoms with Crippen molar-refractivity contribution in [1.29, 1.82) is 0 Å². The highest BCUT2D eigenvalue weighted by Gasteiger charge is 2.16. The molecular weight excluding hydrogens is 302 g/mol. The number of rotatable bonds is 7. The van der Waals surface area contributed by atoms with E-state index in [1.165, 1.54) is 0 Å². The highest BCUT2D eigenvalue weighted by atomic mass is 32.2. The summed E-state index contributed by atoms with van der Waals surface area (Å²) in [5, 5.41) is 8.55. The van der Waals surface area contributed by atoms with Crippen molar-refractivity contribution >= 4 is 23.6 Å². The Balaban J connectivity index is 2.48. The number of hydrogen-bond donors (Lipinski definition) is 1. The van der Waals surface area contributed by atoms with Crippen LogP contribution in [-0.4, -0.2) is 46.0 Å². The molecule has 0 saturated heterocycles. The van der Waals surface area contributed by atoms with Crippen LogP contribution in [0.15, 0.2) is 24.3 Å². The Bertz CT molecular complexity index is 508. The number of ether oxygens (including phenoxy) is 1. The van der Waals surface area contributed by atoms with E-state index in [0.29, 0.717) is 18.0 Å². The van der Waals surface area contributed by atoms with Gasteiger partial charge in [0.05, 0.1) is 5.75 Å². The van der Waals surface area contributed by atoms with E-state index >= 15 is 0 Å². The van der Waals surface area contributed by atoms with Crippen LogP contribution in [0.4, 0.5) is 0 Å². The van der Waals surface area contributed by atoms with Crippen molar-refractivity contribution in [2.45, 2.75) is 32.1 Å². The minimum atomic E-state index is -1.01. The van der Waals surface area contributed by atoms with Gasteiger partial charge in [0.15, 0.2) is 6.61 Å². The monoisotopic (exact) mass is 325 g/mol. The first-order chi connectivity index (χ1) is 10.2. The van der Waals surface area contributed by atoms with E-state index in [-0.39, 0.29) is 17.3 Å². The van der Waals surface area contributed by atoms with Gasteiger partial charge in [-0.05, 0) is 17.7 Å². The van der Waals surface area contributed by atoms with Crippen LogP contribution in [0, 0.1) is 0 Å². The number of nitrogens with zero attached hydrogens (tertiary/aromatic N) is 1. The van der Waals surface area contributed by atoms with Gasteiger partial charge in [-0.2, -0.15) is 0 Å². The largest absolute Gasteiger partial charge is 0.482 e. The van der Waals surface area contributed by atoms with Crippen molar-refractivity contribution in [3.8, 4) is 5.75 Å². The molecular formula is C16H23NO4S. The quantitative estimate of drug-likeness (QED) is 0.835. The summed E-state index contributed by atoms with van der Waals surface area (Å²) in [7, 11) is 1.78. The molecule has 1 N–H and O–H groups in total. The number of carboxylic acids is 1. The molecule has 0 bridgehead atoms. The predicted octanol–water partition coefficient (Wildman–Crippen LogP) is 2.64. The second-order valence-corrected chi connectivity index (χ2v) is 7.78. The van der Waals surface area contributed by atoms with Crippen molar-refractivity contribution < 1.29 is 19.4 Å². The topological polar surface area (TPSA) is 66.8 Å². The van der Waals surface area contributed by atoms with E-state index in [9.17, 15) is 9.59 Å². The molecule has 0 fully saturated rings. The van der Waals surface area contributed by atoms with Crippen LogP contribution in [0.1, 0.15) is 26.3 Å². The molecule has 0 saturated carbocycles. The first-order valence-corrected chi connectivity index (χ1v) is 7.97. The summed E-state index contributed by atoms with van der Waals surface area (Å²) in [5.41, 5.74) is 0.972. The lowest BCUT2D eigenvalue weighted by Crippen LogP contribution is -2.29. The molecule has 0 unspecified atom stereocenters. The Kier molecular flexibility index (Phi) is 6.74.